The van der Waals surface area contributed by atoms with Crippen molar-refractivity contribution in [3.05, 3.63) is 22.8 Å². The van der Waals surface area contributed by atoms with E-state index in [1.165, 1.54) is 11.8 Å². The quantitative estimate of drug-likeness (QED) is 0.499. The third-order valence-corrected chi connectivity index (χ3v) is 1.68. The molecule has 0 saturated heterocycles. The molecule has 0 amide bonds. The average molecular weight is 157 g/mol. The molecule has 1 rings (SSSR count). The standard InChI is InChI=1S/C6H7NO2S/c1-10-6-3-2-5(9-6)4-7-8/h2-3H,4H2,1H3. The SMILES string of the molecule is CSc1ccc(CN=O)o1. The first-order valence-electron chi connectivity index (χ1n) is 2.78. The maximum atomic E-state index is 9.76. The lowest BCUT2D eigenvalue weighted by Crippen LogP contribution is -1.70. The van der Waals surface area contributed by atoms with Gasteiger partial charge in [0.05, 0.1) is 0 Å². The van der Waals surface area contributed by atoms with E-state index >= 15 is 0 Å². The highest BCUT2D eigenvalue weighted by Gasteiger charge is 1.98. The highest BCUT2D eigenvalue weighted by atomic mass is 32.2. The van der Waals surface area contributed by atoms with Crippen LogP contribution in [0.2, 0.25) is 0 Å². The predicted octanol–water partition coefficient (Wildman–Crippen LogP) is 2.27. The Kier molecular flexibility index (Phi) is 2.50. The van der Waals surface area contributed by atoms with Crippen LogP contribution in [-0.2, 0) is 6.54 Å². The van der Waals surface area contributed by atoms with Crippen molar-refractivity contribution in [1.82, 2.24) is 0 Å². The van der Waals surface area contributed by atoms with E-state index in [2.05, 4.69) is 5.18 Å². The fraction of sp³-hybridized carbons (Fsp3) is 0.333. The molecule has 0 atom stereocenters. The van der Waals surface area contributed by atoms with Gasteiger partial charge in [-0.2, -0.15) is 4.91 Å². The topological polar surface area (TPSA) is 42.6 Å². The van der Waals surface area contributed by atoms with Gasteiger partial charge in [-0.1, -0.05) is 16.9 Å². The second kappa shape index (κ2) is 3.41. The zero-order chi connectivity index (χ0) is 7.40. The summed E-state index contributed by atoms with van der Waals surface area (Å²) in [6, 6.07) is 3.58. The summed E-state index contributed by atoms with van der Waals surface area (Å²) in [4.78, 5) is 9.76. The van der Waals surface area contributed by atoms with Gasteiger partial charge in [0, 0.05) is 0 Å². The summed E-state index contributed by atoms with van der Waals surface area (Å²) in [7, 11) is 0. The number of nitrogens with zero attached hydrogens (tertiary/aromatic N) is 1. The minimum absolute atomic E-state index is 0.126. The van der Waals surface area contributed by atoms with E-state index in [0.717, 1.165) is 5.09 Å². The molecule has 10 heavy (non-hydrogen) atoms. The minimum atomic E-state index is 0.126. The first-order valence-corrected chi connectivity index (χ1v) is 4.01. The summed E-state index contributed by atoms with van der Waals surface area (Å²) in [5.41, 5.74) is 0. The zero-order valence-electron chi connectivity index (χ0n) is 5.53. The van der Waals surface area contributed by atoms with Crippen molar-refractivity contribution in [3.63, 3.8) is 0 Å². The van der Waals surface area contributed by atoms with Crippen LogP contribution in [0, 0.1) is 4.91 Å². The van der Waals surface area contributed by atoms with Crippen molar-refractivity contribution in [3.8, 4) is 0 Å². The molecular formula is C6H7NO2S. The summed E-state index contributed by atoms with van der Waals surface area (Å²) in [5.74, 6) is 0.624. The lowest BCUT2D eigenvalue weighted by molar-refractivity contribution is 0.433. The smallest absolute Gasteiger partial charge is 0.160 e. The summed E-state index contributed by atoms with van der Waals surface area (Å²) in [5, 5.41) is 3.52. The van der Waals surface area contributed by atoms with Gasteiger partial charge in [-0.05, 0) is 18.4 Å². The van der Waals surface area contributed by atoms with Gasteiger partial charge >= 0.3 is 0 Å². The van der Waals surface area contributed by atoms with Gasteiger partial charge in [-0.3, -0.25) is 0 Å². The van der Waals surface area contributed by atoms with Gasteiger partial charge in [-0.25, -0.2) is 0 Å². The van der Waals surface area contributed by atoms with Crippen molar-refractivity contribution < 1.29 is 4.42 Å². The second-order valence-electron chi connectivity index (χ2n) is 1.71. The Labute approximate surface area is 62.8 Å². The molecule has 0 aromatic carbocycles. The first-order chi connectivity index (χ1) is 4.86. The summed E-state index contributed by atoms with van der Waals surface area (Å²) in [6.07, 6.45) is 1.91. The number of rotatable bonds is 3. The molecule has 1 aromatic heterocycles. The van der Waals surface area contributed by atoms with E-state index in [1.807, 2.05) is 12.3 Å². The van der Waals surface area contributed by atoms with Crippen molar-refractivity contribution in [2.45, 2.75) is 11.6 Å². The molecular weight excluding hydrogens is 150 g/mol. The van der Waals surface area contributed by atoms with Crippen LogP contribution in [0.4, 0.5) is 0 Å². The Bertz CT molecular complexity index is 221. The maximum Gasteiger partial charge on any atom is 0.160 e. The number of thioether (sulfide) groups is 1. The van der Waals surface area contributed by atoms with Crippen molar-refractivity contribution in [1.29, 1.82) is 0 Å². The Morgan fingerprint density at radius 2 is 2.50 bits per heavy atom. The van der Waals surface area contributed by atoms with Crippen LogP contribution in [0.3, 0.4) is 0 Å². The predicted molar refractivity (Wildman–Crippen MR) is 40.0 cm³/mol. The second-order valence-corrected chi connectivity index (χ2v) is 2.52. The van der Waals surface area contributed by atoms with Gasteiger partial charge in [0.1, 0.15) is 12.3 Å². The molecule has 0 saturated carbocycles. The van der Waals surface area contributed by atoms with Crippen molar-refractivity contribution >= 4 is 11.8 Å². The zero-order valence-corrected chi connectivity index (χ0v) is 6.35. The lowest BCUT2D eigenvalue weighted by Gasteiger charge is -1.85. The molecule has 4 heteroatoms. The molecule has 0 aliphatic heterocycles. The molecule has 0 radical (unpaired) electrons. The van der Waals surface area contributed by atoms with Crippen LogP contribution < -0.4 is 0 Å². The third kappa shape index (κ3) is 1.60. The molecule has 1 aromatic rings. The fourth-order valence-corrected chi connectivity index (χ4v) is 1.01. The normalized spacial score (nSPS) is 9.70. The average Bonchev–Trinajstić information content (AvgIpc) is 2.37. The highest BCUT2D eigenvalue weighted by molar-refractivity contribution is 7.98. The van der Waals surface area contributed by atoms with E-state index < -0.39 is 0 Å². The Morgan fingerprint density at radius 1 is 1.70 bits per heavy atom. The van der Waals surface area contributed by atoms with Crippen LogP contribution in [0.15, 0.2) is 26.8 Å². The van der Waals surface area contributed by atoms with Gasteiger partial charge in [-0.15, -0.1) is 0 Å². The number of nitroso groups, excluding NO2 is 1. The van der Waals surface area contributed by atoms with E-state index in [4.69, 9.17) is 4.42 Å². The largest absolute Gasteiger partial charge is 0.453 e. The van der Waals surface area contributed by atoms with E-state index in [-0.39, 0.29) is 6.54 Å². The van der Waals surface area contributed by atoms with Crippen LogP contribution in [0.25, 0.3) is 0 Å². The van der Waals surface area contributed by atoms with Crippen LogP contribution in [0.5, 0.6) is 0 Å². The molecule has 1 heterocycles. The molecule has 0 aliphatic rings. The van der Waals surface area contributed by atoms with Crippen molar-refractivity contribution in [2.24, 2.45) is 5.18 Å². The summed E-state index contributed by atoms with van der Waals surface area (Å²) >= 11 is 1.51. The van der Waals surface area contributed by atoms with Crippen LogP contribution in [0.1, 0.15) is 5.76 Å². The Balaban J connectivity index is 2.67. The molecule has 0 fully saturated rings. The molecule has 0 N–H and O–H groups in total. The number of furan rings is 1. The third-order valence-electron chi connectivity index (χ3n) is 1.06. The van der Waals surface area contributed by atoms with Crippen molar-refractivity contribution in [2.75, 3.05) is 6.26 Å². The summed E-state index contributed by atoms with van der Waals surface area (Å²) in [6.45, 7) is 0.126. The van der Waals surface area contributed by atoms with E-state index in [0.29, 0.717) is 5.76 Å². The molecule has 0 aliphatic carbocycles. The molecule has 54 valence electrons. The molecule has 0 spiro atoms. The highest BCUT2D eigenvalue weighted by Crippen LogP contribution is 2.18. The van der Waals surface area contributed by atoms with Gasteiger partial charge in [0.2, 0.25) is 0 Å². The van der Waals surface area contributed by atoms with Crippen LogP contribution in [-0.4, -0.2) is 6.26 Å². The Hall–Kier alpha value is -0.770. The lowest BCUT2D eigenvalue weighted by atomic mass is 10.5. The number of hydrogen-bond acceptors (Lipinski definition) is 4. The van der Waals surface area contributed by atoms with Crippen LogP contribution >= 0.6 is 11.8 Å². The summed E-state index contributed by atoms with van der Waals surface area (Å²) < 4.78 is 5.14. The first kappa shape index (κ1) is 7.34. The monoisotopic (exact) mass is 157 g/mol. The Morgan fingerprint density at radius 3 is 3.00 bits per heavy atom. The molecule has 0 bridgehead atoms. The van der Waals surface area contributed by atoms with Gasteiger partial charge in [0.15, 0.2) is 5.09 Å². The molecule has 3 nitrogen and oxygen atoms in total. The van der Waals surface area contributed by atoms with Gasteiger partial charge < -0.3 is 4.42 Å². The van der Waals surface area contributed by atoms with Gasteiger partial charge in [0.25, 0.3) is 0 Å². The number of hydrogen-bond donors (Lipinski definition) is 0. The minimum Gasteiger partial charge on any atom is -0.453 e. The fourth-order valence-electron chi connectivity index (χ4n) is 0.617. The van der Waals surface area contributed by atoms with E-state index in [9.17, 15) is 4.91 Å². The van der Waals surface area contributed by atoms with E-state index in [1.54, 1.807) is 6.07 Å². The maximum absolute atomic E-state index is 9.76. The molecule has 0 unspecified atom stereocenters.